The number of ketones is 2. The first kappa shape index (κ1) is 14.6. The van der Waals surface area contributed by atoms with E-state index in [9.17, 15) is 9.59 Å². The fraction of sp³-hybridized carbons (Fsp3) is 0.176. The molecule has 1 unspecified atom stereocenters. The van der Waals surface area contributed by atoms with Gasteiger partial charge in [0.2, 0.25) is 11.6 Å². The normalized spacial score (nSPS) is 19.4. The number of pyridine rings is 1. The number of alkyl halides is 1. The first-order valence-electron chi connectivity index (χ1n) is 6.83. The summed E-state index contributed by atoms with van der Waals surface area (Å²) >= 11 is 6.16. The van der Waals surface area contributed by atoms with Crippen molar-refractivity contribution in [3.63, 3.8) is 0 Å². The molecule has 0 saturated carbocycles. The van der Waals surface area contributed by atoms with Gasteiger partial charge in [-0.2, -0.15) is 0 Å². The van der Waals surface area contributed by atoms with E-state index in [1.165, 1.54) is 6.20 Å². The minimum atomic E-state index is -1.10. The van der Waals surface area contributed by atoms with E-state index in [-0.39, 0.29) is 28.5 Å². The van der Waals surface area contributed by atoms with Crippen molar-refractivity contribution in [3.8, 4) is 0 Å². The van der Waals surface area contributed by atoms with Crippen LogP contribution in [-0.4, -0.2) is 27.6 Å². The molecule has 5 heteroatoms. The third-order valence-electron chi connectivity index (χ3n) is 3.81. The number of fused-ring (bicyclic) bond motifs is 1. The fourth-order valence-corrected chi connectivity index (χ4v) is 2.63. The van der Waals surface area contributed by atoms with Gasteiger partial charge in [-0.15, -0.1) is 11.6 Å². The highest BCUT2D eigenvalue weighted by molar-refractivity contribution is 6.64. The molecule has 0 radical (unpaired) electrons. The second-order valence-electron chi connectivity index (χ2n) is 5.17. The standard InChI is InChI=1S/C17H13ClN2O2/c1-9-5-3-7-12(10(9)2)20-15-13(18)17(22)14-11(16(15)21)6-4-8-19-14/h3-8,13H,1-2H3. The summed E-state index contributed by atoms with van der Waals surface area (Å²) < 4.78 is 0. The third-order valence-corrected chi connectivity index (χ3v) is 4.21. The molecule has 22 heavy (non-hydrogen) atoms. The number of nitrogens with zero attached hydrogens (tertiary/aromatic N) is 2. The Kier molecular flexibility index (Phi) is 3.62. The topological polar surface area (TPSA) is 59.4 Å². The highest BCUT2D eigenvalue weighted by Crippen LogP contribution is 2.27. The second kappa shape index (κ2) is 5.46. The number of carbonyl (C=O) groups is 2. The van der Waals surface area contributed by atoms with Crippen molar-refractivity contribution in [3.05, 3.63) is 58.9 Å². The summed E-state index contributed by atoms with van der Waals surface area (Å²) in [5, 5.41) is -1.10. The number of carbonyl (C=O) groups excluding carboxylic acids is 2. The molecule has 1 aliphatic rings. The molecule has 1 aromatic carbocycles. The van der Waals surface area contributed by atoms with Crippen molar-refractivity contribution in [2.45, 2.75) is 19.2 Å². The molecule has 0 saturated heterocycles. The summed E-state index contributed by atoms with van der Waals surface area (Å²) in [5.41, 5.74) is 3.09. The van der Waals surface area contributed by atoms with Crippen LogP contribution in [0.4, 0.5) is 5.69 Å². The molecule has 1 aromatic heterocycles. The van der Waals surface area contributed by atoms with Crippen molar-refractivity contribution in [2.75, 3.05) is 0 Å². The van der Waals surface area contributed by atoms with Gasteiger partial charge in [0.05, 0.1) is 11.3 Å². The number of hydrogen-bond acceptors (Lipinski definition) is 4. The van der Waals surface area contributed by atoms with E-state index >= 15 is 0 Å². The summed E-state index contributed by atoms with van der Waals surface area (Å²) in [6.45, 7) is 3.88. The average Bonchev–Trinajstić information content (AvgIpc) is 2.53. The zero-order valence-corrected chi connectivity index (χ0v) is 12.9. The zero-order chi connectivity index (χ0) is 15.9. The van der Waals surface area contributed by atoms with Gasteiger partial charge in [0.15, 0.2) is 0 Å². The Hall–Kier alpha value is -2.33. The largest absolute Gasteiger partial charge is 0.290 e. The first-order valence-corrected chi connectivity index (χ1v) is 7.27. The summed E-state index contributed by atoms with van der Waals surface area (Å²) in [7, 11) is 0. The van der Waals surface area contributed by atoms with Gasteiger partial charge in [0.25, 0.3) is 0 Å². The maximum atomic E-state index is 12.6. The van der Waals surface area contributed by atoms with Gasteiger partial charge in [-0.1, -0.05) is 12.1 Å². The van der Waals surface area contributed by atoms with Crippen LogP contribution < -0.4 is 0 Å². The quantitative estimate of drug-likeness (QED) is 0.758. The molecule has 0 fully saturated rings. The SMILES string of the molecule is Cc1cccc(N=C2C(=O)c3cccnc3C(=O)C2Cl)c1C. The molecule has 110 valence electrons. The molecule has 2 aromatic rings. The molecule has 3 rings (SSSR count). The fourth-order valence-electron chi connectivity index (χ4n) is 2.38. The second-order valence-corrected chi connectivity index (χ2v) is 5.61. The number of rotatable bonds is 1. The molecule has 0 spiro atoms. The molecule has 4 nitrogen and oxygen atoms in total. The molecule has 0 amide bonds. The predicted molar refractivity (Wildman–Crippen MR) is 85.6 cm³/mol. The number of benzene rings is 1. The highest BCUT2D eigenvalue weighted by Gasteiger charge is 2.38. The molecule has 0 N–H and O–H groups in total. The summed E-state index contributed by atoms with van der Waals surface area (Å²) in [6, 6.07) is 8.81. The van der Waals surface area contributed by atoms with Crippen molar-refractivity contribution in [1.82, 2.24) is 4.98 Å². The van der Waals surface area contributed by atoms with Gasteiger partial charge in [-0.3, -0.25) is 14.6 Å². The minimum absolute atomic E-state index is 0.0564. The van der Waals surface area contributed by atoms with Gasteiger partial charge in [-0.05, 0) is 43.2 Å². The van der Waals surface area contributed by atoms with Gasteiger partial charge in [-0.25, -0.2) is 4.99 Å². The number of halogens is 1. The number of hydrogen-bond donors (Lipinski definition) is 0. The Morgan fingerprint density at radius 3 is 2.68 bits per heavy atom. The van der Waals surface area contributed by atoms with E-state index in [4.69, 9.17) is 11.6 Å². The van der Waals surface area contributed by atoms with Crippen molar-refractivity contribution in [2.24, 2.45) is 4.99 Å². The third kappa shape index (κ3) is 2.25. The molecule has 0 bridgehead atoms. The van der Waals surface area contributed by atoms with Gasteiger partial charge < -0.3 is 0 Å². The predicted octanol–water partition coefficient (Wildman–Crippen LogP) is 3.46. The highest BCUT2D eigenvalue weighted by atomic mass is 35.5. The van der Waals surface area contributed by atoms with Crippen LogP contribution in [0.2, 0.25) is 0 Å². The maximum absolute atomic E-state index is 12.6. The van der Waals surface area contributed by atoms with E-state index in [0.717, 1.165) is 11.1 Å². The molecule has 1 heterocycles. The van der Waals surface area contributed by atoms with E-state index in [1.807, 2.05) is 26.0 Å². The summed E-state index contributed by atoms with van der Waals surface area (Å²) in [6.07, 6.45) is 1.47. The van der Waals surface area contributed by atoms with E-state index in [0.29, 0.717) is 5.69 Å². The smallest absolute Gasteiger partial charge is 0.211 e. The van der Waals surface area contributed by atoms with Crippen LogP contribution in [0.5, 0.6) is 0 Å². The van der Waals surface area contributed by atoms with Crippen LogP contribution >= 0.6 is 11.6 Å². The molecule has 0 aliphatic heterocycles. The monoisotopic (exact) mass is 312 g/mol. The number of aromatic nitrogens is 1. The Bertz CT molecular complexity index is 827. The lowest BCUT2D eigenvalue weighted by molar-refractivity contribution is 0.0963. The first-order chi connectivity index (χ1) is 10.5. The molecule has 1 aliphatic carbocycles. The van der Waals surface area contributed by atoms with E-state index in [1.54, 1.807) is 18.2 Å². The van der Waals surface area contributed by atoms with Gasteiger partial charge in [0.1, 0.15) is 16.8 Å². The van der Waals surface area contributed by atoms with Crippen LogP contribution in [0, 0.1) is 13.8 Å². The number of aliphatic imine (C=N–C) groups is 1. The average molecular weight is 313 g/mol. The molecule has 1 atom stereocenters. The Morgan fingerprint density at radius 1 is 1.14 bits per heavy atom. The summed E-state index contributed by atoms with van der Waals surface area (Å²) in [5.74, 6) is -0.732. The number of Topliss-reactive ketones (excluding diaryl/α,β-unsaturated/α-hetero) is 2. The van der Waals surface area contributed by atoms with Crippen molar-refractivity contribution < 1.29 is 9.59 Å². The van der Waals surface area contributed by atoms with Gasteiger partial charge in [0, 0.05) is 6.20 Å². The van der Waals surface area contributed by atoms with Crippen LogP contribution in [0.3, 0.4) is 0 Å². The van der Waals surface area contributed by atoms with E-state index in [2.05, 4.69) is 9.98 Å². The maximum Gasteiger partial charge on any atom is 0.211 e. The van der Waals surface area contributed by atoms with Gasteiger partial charge >= 0.3 is 0 Å². The van der Waals surface area contributed by atoms with Crippen LogP contribution in [0.1, 0.15) is 32.0 Å². The molecular weight excluding hydrogens is 300 g/mol. The Balaban J connectivity index is 2.16. The minimum Gasteiger partial charge on any atom is -0.290 e. The van der Waals surface area contributed by atoms with Crippen molar-refractivity contribution >= 4 is 34.6 Å². The van der Waals surface area contributed by atoms with Crippen LogP contribution in [-0.2, 0) is 0 Å². The van der Waals surface area contributed by atoms with Crippen LogP contribution in [0.25, 0.3) is 0 Å². The van der Waals surface area contributed by atoms with Crippen molar-refractivity contribution in [1.29, 1.82) is 0 Å². The van der Waals surface area contributed by atoms with E-state index < -0.39 is 5.38 Å². The molecular formula is C17H13ClN2O2. The Labute approximate surface area is 132 Å². The lowest BCUT2D eigenvalue weighted by atomic mass is 9.91. The zero-order valence-electron chi connectivity index (χ0n) is 12.1. The lowest BCUT2D eigenvalue weighted by Gasteiger charge is -2.19. The Morgan fingerprint density at radius 2 is 1.91 bits per heavy atom. The lowest BCUT2D eigenvalue weighted by Crippen LogP contribution is -2.38. The van der Waals surface area contributed by atoms with Crippen LogP contribution in [0.15, 0.2) is 41.5 Å². The number of aryl methyl sites for hydroxylation is 1. The summed E-state index contributed by atoms with van der Waals surface area (Å²) in [4.78, 5) is 33.2.